The zero-order chi connectivity index (χ0) is 23.8. The Morgan fingerprint density at radius 3 is 2.28 bits per heavy atom. The number of nitrogens with zero attached hydrogens (tertiary/aromatic N) is 3. The van der Waals surface area contributed by atoms with Crippen LogP contribution in [0, 0.1) is 6.92 Å². The van der Waals surface area contributed by atoms with Gasteiger partial charge in [0.25, 0.3) is 0 Å². The van der Waals surface area contributed by atoms with Gasteiger partial charge in [-0.15, -0.1) is 0 Å². The molecule has 3 nitrogen and oxygen atoms in total. The molecular formula is C33H23N3. The van der Waals surface area contributed by atoms with Gasteiger partial charge in [-0.05, 0) is 92.9 Å². The van der Waals surface area contributed by atoms with Gasteiger partial charge in [0.1, 0.15) is 0 Å². The molecule has 0 radical (unpaired) electrons. The zero-order valence-electron chi connectivity index (χ0n) is 20.0. The first kappa shape index (κ1) is 19.8. The maximum Gasteiger partial charge on any atom is 0.234 e. The summed E-state index contributed by atoms with van der Waals surface area (Å²) in [6.45, 7) is 2.10. The molecule has 2 heterocycles. The fourth-order valence-corrected chi connectivity index (χ4v) is 6.24. The maximum absolute atomic E-state index is 4.77. The van der Waals surface area contributed by atoms with E-state index in [9.17, 15) is 0 Å². The lowest BCUT2D eigenvalue weighted by atomic mass is 9.80. The Bertz CT molecular complexity index is 1930. The molecule has 6 aromatic rings. The van der Waals surface area contributed by atoms with Crippen molar-refractivity contribution in [2.45, 2.75) is 19.8 Å². The molecule has 0 spiro atoms. The van der Waals surface area contributed by atoms with Crippen LogP contribution in [0.4, 0.5) is 0 Å². The summed E-state index contributed by atoms with van der Waals surface area (Å²) in [5.74, 6) is 0.735. The minimum atomic E-state index is 0.735. The summed E-state index contributed by atoms with van der Waals surface area (Å²) in [6, 6.07) is 22.3. The van der Waals surface area contributed by atoms with Gasteiger partial charge < -0.3 is 0 Å². The summed E-state index contributed by atoms with van der Waals surface area (Å²) in [7, 11) is 0. The van der Waals surface area contributed by atoms with Crippen molar-refractivity contribution in [3.63, 3.8) is 0 Å². The Hall–Kier alpha value is -4.50. The second kappa shape index (κ2) is 7.25. The Morgan fingerprint density at radius 2 is 1.47 bits per heavy atom. The fraction of sp³-hybridized carbons (Fsp3) is 0.0909. The summed E-state index contributed by atoms with van der Waals surface area (Å²) >= 11 is 0. The van der Waals surface area contributed by atoms with Crippen molar-refractivity contribution in [1.29, 1.82) is 0 Å². The van der Waals surface area contributed by atoms with E-state index < -0.39 is 0 Å². The van der Waals surface area contributed by atoms with Gasteiger partial charge in [0, 0.05) is 23.7 Å². The predicted octanol–water partition coefficient (Wildman–Crippen LogP) is 7.82. The average molecular weight is 462 g/mol. The minimum absolute atomic E-state index is 0.735. The molecule has 0 saturated carbocycles. The SMILES string of the molecule is Cc1c(-c2ccc(-c3cc4c5c(c6c7c(cccc7c5c3)C=CC6)CC=C4)cc2)nc2ncccn12. The molecule has 170 valence electrons. The second-order valence-electron chi connectivity index (χ2n) is 9.84. The molecule has 0 unspecified atom stereocenters. The predicted molar refractivity (Wildman–Crippen MR) is 149 cm³/mol. The van der Waals surface area contributed by atoms with Crippen LogP contribution in [0.2, 0.25) is 0 Å². The van der Waals surface area contributed by atoms with Crippen LogP contribution in [0.5, 0.6) is 0 Å². The lowest BCUT2D eigenvalue weighted by molar-refractivity contribution is 1.06. The average Bonchev–Trinajstić information content (AvgIpc) is 3.27. The third-order valence-corrected chi connectivity index (χ3v) is 7.90. The van der Waals surface area contributed by atoms with Gasteiger partial charge in [0.15, 0.2) is 0 Å². The highest BCUT2D eigenvalue weighted by Crippen LogP contribution is 2.43. The summed E-state index contributed by atoms with van der Waals surface area (Å²) in [6.07, 6.45) is 15.1. The lowest BCUT2D eigenvalue weighted by Gasteiger charge is -2.24. The van der Waals surface area contributed by atoms with Crippen molar-refractivity contribution < 1.29 is 0 Å². The van der Waals surface area contributed by atoms with Crippen LogP contribution in [0.3, 0.4) is 0 Å². The van der Waals surface area contributed by atoms with Gasteiger partial charge in [0.05, 0.1) is 5.69 Å². The van der Waals surface area contributed by atoms with Crippen LogP contribution in [-0.4, -0.2) is 14.4 Å². The molecule has 0 aliphatic heterocycles. The first-order valence-corrected chi connectivity index (χ1v) is 12.5. The van der Waals surface area contributed by atoms with Crippen LogP contribution in [0.15, 0.2) is 85.2 Å². The Kier molecular flexibility index (Phi) is 3.98. The van der Waals surface area contributed by atoms with Crippen LogP contribution in [0.25, 0.3) is 61.9 Å². The lowest BCUT2D eigenvalue weighted by Crippen LogP contribution is -2.04. The smallest absolute Gasteiger partial charge is 0.234 e. The van der Waals surface area contributed by atoms with Crippen LogP contribution < -0.4 is 0 Å². The summed E-state index contributed by atoms with van der Waals surface area (Å²) in [4.78, 5) is 9.17. The largest absolute Gasteiger partial charge is 0.288 e. The molecule has 2 aliphatic rings. The number of benzene rings is 4. The summed E-state index contributed by atoms with van der Waals surface area (Å²) < 4.78 is 2.04. The third kappa shape index (κ3) is 2.68. The zero-order valence-corrected chi connectivity index (χ0v) is 20.0. The molecular weight excluding hydrogens is 438 g/mol. The van der Waals surface area contributed by atoms with Gasteiger partial charge in [-0.2, -0.15) is 0 Å². The number of aryl methyl sites for hydroxylation is 1. The van der Waals surface area contributed by atoms with Crippen LogP contribution in [0.1, 0.15) is 27.9 Å². The molecule has 0 saturated heterocycles. The Labute approximate surface area is 209 Å². The molecule has 36 heavy (non-hydrogen) atoms. The molecule has 4 aromatic carbocycles. The highest BCUT2D eigenvalue weighted by molar-refractivity contribution is 6.17. The van der Waals surface area contributed by atoms with Gasteiger partial charge >= 0.3 is 0 Å². The molecule has 0 bridgehead atoms. The minimum Gasteiger partial charge on any atom is -0.288 e. The van der Waals surface area contributed by atoms with Crippen LogP contribution in [-0.2, 0) is 12.8 Å². The van der Waals surface area contributed by atoms with E-state index in [-0.39, 0.29) is 0 Å². The van der Waals surface area contributed by atoms with Crippen molar-refractivity contribution in [2.75, 3.05) is 0 Å². The van der Waals surface area contributed by atoms with Crippen molar-refractivity contribution >= 4 is 39.5 Å². The van der Waals surface area contributed by atoms with Gasteiger partial charge in [0.2, 0.25) is 5.78 Å². The Morgan fingerprint density at radius 1 is 0.722 bits per heavy atom. The molecule has 2 aliphatic carbocycles. The fourth-order valence-electron chi connectivity index (χ4n) is 6.24. The number of allylic oxidation sites excluding steroid dienone is 2. The van der Waals surface area contributed by atoms with Gasteiger partial charge in [-0.3, -0.25) is 4.40 Å². The van der Waals surface area contributed by atoms with E-state index in [0.29, 0.717) is 0 Å². The van der Waals surface area contributed by atoms with E-state index in [1.165, 1.54) is 54.9 Å². The molecule has 3 heteroatoms. The quantitative estimate of drug-likeness (QED) is 0.246. The molecule has 8 rings (SSSR count). The summed E-state index contributed by atoms with van der Waals surface area (Å²) in [5.41, 5.74) is 11.4. The monoisotopic (exact) mass is 461 g/mol. The van der Waals surface area contributed by atoms with E-state index in [1.54, 1.807) is 6.20 Å². The van der Waals surface area contributed by atoms with E-state index in [1.807, 2.05) is 16.7 Å². The normalized spacial score (nSPS) is 13.8. The number of aromatic nitrogens is 3. The van der Waals surface area contributed by atoms with E-state index in [2.05, 4.69) is 90.8 Å². The van der Waals surface area contributed by atoms with Gasteiger partial charge in [-0.25, -0.2) is 9.97 Å². The number of fused-ring (bicyclic) bond motifs is 3. The van der Waals surface area contributed by atoms with Gasteiger partial charge in [-0.1, -0.05) is 66.8 Å². The summed E-state index contributed by atoms with van der Waals surface area (Å²) in [5, 5.41) is 5.60. The first-order chi connectivity index (χ1) is 17.8. The van der Waals surface area contributed by atoms with Crippen molar-refractivity contribution in [2.24, 2.45) is 0 Å². The number of hydrogen-bond donors (Lipinski definition) is 0. The molecule has 0 N–H and O–H groups in total. The maximum atomic E-state index is 4.77. The second-order valence-corrected chi connectivity index (χ2v) is 9.84. The molecule has 0 amide bonds. The standard InChI is InChI=1S/C33H23N3/c1-20-32(35-33-34-16-5-17-36(20)33)23-14-12-21(13-15-23)25-18-24-8-4-10-27-26-9-2-6-22-7-3-11-28(30(22)26)29(19-25)31(24)27/h2-8,11-19H,9-10H2,1H3. The Balaban J connectivity index is 1.32. The number of rotatable bonds is 2. The van der Waals surface area contributed by atoms with Crippen molar-refractivity contribution in [3.8, 4) is 22.4 Å². The highest BCUT2D eigenvalue weighted by atomic mass is 15.1. The first-order valence-electron chi connectivity index (χ1n) is 12.5. The van der Waals surface area contributed by atoms with E-state index in [4.69, 9.17) is 4.98 Å². The van der Waals surface area contributed by atoms with Crippen molar-refractivity contribution in [3.05, 3.63) is 113 Å². The third-order valence-electron chi connectivity index (χ3n) is 7.90. The molecule has 0 fully saturated rings. The number of hydrogen-bond acceptors (Lipinski definition) is 2. The number of imidazole rings is 1. The van der Waals surface area contributed by atoms with Crippen LogP contribution >= 0.6 is 0 Å². The topological polar surface area (TPSA) is 30.2 Å². The van der Waals surface area contributed by atoms with E-state index >= 15 is 0 Å². The van der Waals surface area contributed by atoms with E-state index in [0.717, 1.165) is 35.6 Å². The molecule has 0 atom stereocenters. The van der Waals surface area contributed by atoms with Crippen molar-refractivity contribution in [1.82, 2.24) is 14.4 Å². The molecule has 2 aromatic heterocycles. The highest BCUT2D eigenvalue weighted by Gasteiger charge is 2.21.